The molecule has 0 radical (unpaired) electrons. The summed E-state index contributed by atoms with van der Waals surface area (Å²) in [6.07, 6.45) is 1.09. The maximum absolute atomic E-state index is 11.7. The van der Waals surface area contributed by atoms with E-state index in [1.165, 1.54) is 0 Å². The molecule has 0 amide bonds. The van der Waals surface area contributed by atoms with Crippen LogP contribution in [0.15, 0.2) is 12.2 Å². The maximum atomic E-state index is 11.7. The van der Waals surface area contributed by atoms with Crippen molar-refractivity contribution >= 4 is 39.7 Å². The van der Waals surface area contributed by atoms with Crippen LogP contribution in [0.2, 0.25) is 64.5 Å². The number of hydrogen-bond donors (Lipinski definition) is 0. The number of rotatable bonds is 13. The topological polar surface area (TPSA) is 77.8 Å². The summed E-state index contributed by atoms with van der Waals surface area (Å²) in [5, 5.41) is 8.99. The molecule has 0 aliphatic heterocycles. The van der Waals surface area contributed by atoms with Crippen molar-refractivity contribution in [3.05, 3.63) is 12.2 Å². The molecule has 0 fully saturated rings. The molecule has 0 bridgehead atoms. The molecule has 0 aromatic rings. The Morgan fingerprint density at radius 3 is 1.82 bits per heavy atom. The largest absolute Gasteiger partial charge is 0.469 e. The molecule has 0 aromatic carbocycles. The van der Waals surface area contributed by atoms with Gasteiger partial charge in [0, 0.05) is 18.0 Å². The van der Waals surface area contributed by atoms with E-state index in [1.54, 1.807) is 6.92 Å². The average molecular weight is 462 g/mol. The van der Waals surface area contributed by atoms with Gasteiger partial charge in [-0.3, -0.25) is 0 Å². The highest BCUT2D eigenvalue weighted by Crippen LogP contribution is 2.31. The van der Waals surface area contributed by atoms with Gasteiger partial charge in [0.05, 0.1) is 12.7 Å². The molecular weight excluding hydrogens is 423 g/mol. The Bertz CT molecular complexity index is 560. The summed E-state index contributed by atoms with van der Waals surface area (Å²) < 4.78 is 25.3. The predicted octanol–water partition coefficient (Wildman–Crippen LogP) is 5.27. The van der Waals surface area contributed by atoms with Crippen LogP contribution in [-0.2, 0) is 21.9 Å². The van der Waals surface area contributed by atoms with Crippen LogP contribution >= 0.6 is 0 Å². The van der Waals surface area contributed by atoms with Gasteiger partial charge in [0.25, 0.3) is 0 Å². The second-order valence-electron chi connectivity index (χ2n) is 9.65. The van der Waals surface area contributed by atoms with E-state index in [0.29, 0.717) is 24.5 Å². The van der Waals surface area contributed by atoms with Gasteiger partial charge in [0.15, 0.2) is 25.0 Å². The van der Waals surface area contributed by atoms with Crippen LogP contribution in [-0.4, -0.2) is 46.3 Å². The molecule has 0 aliphatic carbocycles. The van der Waals surface area contributed by atoms with Crippen molar-refractivity contribution in [2.24, 2.45) is 0 Å². The maximum Gasteiger partial charge on any atom is 0.469 e. The Kier molecular flexibility index (Phi) is 10.8. The lowest BCUT2D eigenvalue weighted by Crippen LogP contribution is -2.61. The Balaban J connectivity index is 5.55. The number of carbonyl (C=O) groups is 1. The van der Waals surface area contributed by atoms with Crippen molar-refractivity contribution in [1.82, 2.24) is 0 Å². The van der Waals surface area contributed by atoms with Crippen LogP contribution in [0.25, 0.3) is 0 Å². The molecule has 28 heavy (non-hydrogen) atoms. The average Bonchev–Trinajstić information content (AvgIpc) is 2.45. The van der Waals surface area contributed by atoms with E-state index in [1.807, 2.05) is 0 Å². The zero-order chi connectivity index (χ0) is 22.2. The van der Waals surface area contributed by atoms with Gasteiger partial charge in [-0.15, -0.1) is 0 Å². The highest BCUT2D eigenvalue weighted by Gasteiger charge is 2.50. The van der Waals surface area contributed by atoms with Crippen LogP contribution in [0.5, 0.6) is 0 Å². The van der Waals surface area contributed by atoms with E-state index >= 15 is 0 Å². The smallest absolute Gasteiger partial charge is 0.462 e. The fourth-order valence-corrected chi connectivity index (χ4v) is 17.9. The van der Waals surface area contributed by atoms with Crippen molar-refractivity contribution in [2.75, 3.05) is 6.61 Å². The summed E-state index contributed by atoms with van der Waals surface area (Å²) in [6.45, 7) is 22.6. The van der Waals surface area contributed by atoms with Crippen LogP contribution in [0.3, 0.4) is 0 Å². The van der Waals surface area contributed by atoms with Gasteiger partial charge >= 0.3 is 14.8 Å². The number of carbonyl (C=O) groups excluding carboxylic acids is 1. The summed E-state index contributed by atoms with van der Waals surface area (Å²) in [7, 11) is -9.04. The van der Waals surface area contributed by atoms with Gasteiger partial charge in [-0.1, -0.05) is 6.58 Å². The number of nitrogens with zero attached hydrogens (tertiary/aromatic N) is 1. The quantitative estimate of drug-likeness (QED) is 0.161. The summed E-state index contributed by atoms with van der Waals surface area (Å²) in [6, 6.07) is 3.57. The van der Waals surface area contributed by atoms with E-state index in [2.05, 4.69) is 65.0 Å². The third kappa shape index (κ3) is 12.8. The standard InChI is InChI=1S/C18H39NO5Si4/c1-17(2)18(20)21-14-12-16-28(22-25(3,4)5,23-26(6,7)8)24-27(9,10)15-11-13-19/h1,11-12,14-16H2,2-10H3. The third-order valence-electron chi connectivity index (χ3n) is 3.40. The fourth-order valence-electron chi connectivity index (χ4n) is 2.55. The summed E-state index contributed by atoms with van der Waals surface area (Å²) >= 11 is 0. The van der Waals surface area contributed by atoms with Crippen LogP contribution in [0.4, 0.5) is 0 Å². The number of esters is 1. The molecule has 0 aromatic heterocycles. The van der Waals surface area contributed by atoms with Crippen LogP contribution in [0, 0.1) is 11.3 Å². The monoisotopic (exact) mass is 461 g/mol. The van der Waals surface area contributed by atoms with E-state index in [0.717, 1.165) is 6.04 Å². The molecule has 0 unspecified atom stereocenters. The van der Waals surface area contributed by atoms with Crippen LogP contribution in [0.1, 0.15) is 19.8 Å². The van der Waals surface area contributed by atoms with Gasteiger partial charge in [0.1, 0.15) is 0 Å². The molecule has 10 heteroatoms. The van der Waals surface area contributed by atoms with Gasteiger partial charge in [-0.2, -0.15) is 5.26 Å². The summed E-state index contributed by atoms with van der Waals surface area (Å²) in [5.41, 5.74) is 0.390. The minimum absolute atomic E-state index is 0.286. The first-order valence-corrected chi connectivity index (χ1v) is 21.7. The zero-order valence-corrected chi connectivity index (χ0v) is 23.2. The van der Waals surface area contributed by atoms with E-state index in [4.69, 9.17) is 22.3 Å². The third-order valence-corrected chi connectivity index (χ3v) is 16.7. The number of hydrogen-bond acceptors (Lipinski definition) is 6. The first-order chi connectivity index (χ1) is 12.5. The lowest BCUT2D eigenvalue weighted by Gasteiger charge is -2.43. The van der Waals surface area contributed by atoms with Gasteiger partial charge in [-0.25, -0.2) is 4.79 Å². The van der Waals surface area contributed by atoms with Gasteiger partial charge < -0.3 is 17.1 Å². The molecule has 0 saturated carbocycles. The van der Waals surface area contributed by atoms with Gasteiger partial charge in [0.2, 0.25) is 0 Å². The minimum Gasteiger partial charge on any atom is -0.462 e. The first-order valence-electron chi connectivity index (χ1n) is 9.81. The molecule has 0 aliphatic rings. The van der Waals surface area contributed by atoms with Crippen molar-refractivity contribution < 1.29 is 21.9 Å². The molecule has 6 nitrogen and oxygen atoms in total. The van der Waals surface area contributed by atoms with Crippen molar-refractivity contribution in [1.29, 1.82) is 5.26 Å². The first kappa shape index (κ1) is 27.4. The van der Waals surface area contributed by atoms with Gasteiger partial charge in [-0.05, 0) is 71.8 Å². The highest BCUT2D eigenvalue weighted by atomic mass is 28.5. The molecule has 0 saturated heterocycles. The normalized spacial score (nSPS) is 13.1. The molecule has 162 valence electrons. The number of ether oxygens (including phenoxy) is 1. The lowest BCUT2D eigenvalue weighted by atomic mass is 10.4. The minimum atomic E-state index is -2.99. The van der Waals surface area contributed by atoms with E-state index in [-0.39, 0.29) is 12.6 Å². The Labute approximate surface area is 176 Å². The van der Waals surface area contributed by atoms with E-state index in [9.17, 15) is 4.79 Å². The lowest BCUT2D eigenvalue weighted by molar-refractivity contribution is -0.139. The summed E-state index contributed by atoms with van der Waals surface area (Å²) in [5.74, 6) is -0.380. The SMILES string of the molecule is C=C(C)C(=O)OCCC[Si](O[Si](C)(C)C)(O[Si](C)(C)C)O[Si](C)(C)CCC#N. The second kappa shape index (κ2) is 11.0. The molecule has 0 rings (SSSR count). The Morgan fingerprint density at radius 2 is 1.43 bits per heavy atom. The molecular formula is C18H39NO5Si4. The predicted molar refractivity (Wildman–Crippen MR) is 123 cm³/mol. The molecule has 0 atom stereocenters. The van der Waals surface area contributed by atoms with Crippen molar-refractivity contribution in [3.63, 3.8) is 0 Å². The molecule has 0 spiro atoms. The second-order valence-corrected chi connectivity index (χ2v) is 26.4. The Hall–Kier alpha value is -0.552. The molecule has 0 heterocycles. The van der Waals surface area contributed by atoms with E-state index < -0.39 is 33.8 Å². The molecule has 0 N–H and O–H groups in total. The number of nitriles is 1. The van der Waals surface area contributed by atoms with Crippen LogP contribution < -0.4 is 0 Å². The zero-order valence-electron chi connectivity index (χ0n) is 19.2. The summed E-state index contributed by atoms with van der Waals surface area (Å²) in [4.78, 5) is 11.7. The van der Waals surface area contributed by atoms with Crippen molar-refractivity contribution in [3.8, 4) is 6.07 Å². The van der Waals surface area contributed by atoms with Crippen molar-refractivity contribution in [2.45, 2.75) is 84.2 Å². The highest BCUT2D eigenvalue weighted by molar-refractivity contribution is 6.90. The fraction of sp³-hybridized carbons (Fsp3) is 0.778. The Morgan fingerprint density at radius 1 is 0.929 bits per heavy atom.